The number of anilines is 1. The van der Waals surface area contributed by atoms with Crippen molar-refractivity contribution >= 4 is 15.9 Å². The number of piperidine rings is 1. The highest BCUT2D eigenvalue weighted by molar-refractivity contribution is 7.90. The quantitative estimate of drug-likeness (QED) is 0.817. The van der Waals surface area contributed by atoms with Crippen molar-refractivity contribution in [3.63, 3.8) is 0 Å². The van der Waals surface area contributed by atoms with Crippen LogP contribution < -0.4 is 10.0 Å². The third-order valence-corrected chi connectivity index (χ3v) is 5.04. The molecule has 0 aromatic carbocycles. The summed E-state index contributed by atoms with van der Waals surface area (Å²) in [6, 6.07) is 0.329. The van der Waals surface area contributed by atoms with E-state index >= 15 is 0 Å². The number of rotatable bonds is 6. The fourth-order valence-electron chi connectivity index (χ4n) is 2.43. The summed E-state index contributed by atoms with van der Waals surface area (Å²) in [5.74, 6) is 0. The second kappa shape index (κ2) is 7.15. The maximum atomic E-state index is 12.5. The molecule has 118 valence electrons. The van der Waals surface area contributed by atoms with Crippen molar-refractivity contribution in [2.24, 2.45) is 0 Å². The molecule has 1 saturated heterocycles. The summed E-state index contributed by atoms with van der Waals surface area (Å²) in [7, 11) is -3.57. The van der Waals surface area contributed by atoms with Crippen molar-refractivity contribution in [1.29, 1.82) is 0 Å². The molecule has 2 rings (SSSR count). The molecular weight excluding hydrogens is 290 g/mol. The fraction of sp³-hybridized carbons (Fsp3) is 0.692. The first-order valence-electron chi connectivity index (χ1n) is 7.27. The van der Waals surface area contributed by atoms with E-state index in [4.69, 9.17) is 0 Å². The fourth-order valence-corrected chi connectivity index (χ4v) is 3.89. The van der Waals surface area contributed by atoms with E-state index in [1.54, 1.807) is 4.31 Å². The van der Waals surface area contributed by atoms with Gasteiger partial charge in [-0.05, 0) is 12.8 Å². The zero-order valence-corrected chi connectivity index (χ0v) is 13.3. The highest BCUT2D eigenvalue weighted by Crippen LogP contribution is 2.21. The molecule has 1 aliphatic rings. The lowest BCUT2D eigenvalue weighted by atomic mass is 10.0. The van der Waals surface area contributed by atoms with Crippen molar-refractivity contribution < 1.29 is 8.42 Å². The Kier molecular flexibility index (Phi) is 5.49. The van der Waals surface area contributed by atoms with Crippen molar-refractivity contribution in [3.8, 4) is 0 Å². The monoisotopic (exact) mass is 313 g/mol. The molecule has 8 heteroatoms. The molecule has 1 aliphatic heterocycles. The summed E-state index contributed by atoms with van der Waals surface area (Å²) >= 11 is 0. The minimum Gasteiger partial charge on any atom is -0.313 e. The van der Waals surface area contributed by atoms with Gasteiger partial charge in [0.05, 0.1) is 18.1 Å². The number of hydrogen-bond acceptors (Lipinski definition) is 5. The zero-order valence-electron chi connectivity index (χ0n) is 12.5. The number of nitrogens with one attached hydrogen (secondary N) is 2. The lowest BCUT2D eigenvalue weighted by molar-refractivity contribution is 0.243. The van der Waals surface area contributed by atoms with Gasteiger partial charge in [0, 0.05) is 25.2 Å². The number of aromatic nitrogens is 2. The van der Waals surface area contributed by atoms with Crippen LogP contribution in [0.4, 0.5) is 5.69 Å². The minimum absolute atomic E-state index is 0.0109. The SMILES string of the molecule is CC(C)NCC1CCCCN1S(=O)(=O)Nc1cncnc1. The predicted octanol–water partition coefficient (Wildman–Crippen LogP) is 0.986. The third kappa shape index (κ3) is 4.62. The maximum absolute atomic E-state index is 12.5. The normalized spacial score (nSPS) is 20.6. The highest BCUT2D eigenvalue weighted by atomic mass is 32.2. The molecule has 2 heterocycles. The van der Waals surface area contributed by atoms with E-state index in [-0.39, 0.29) is 6.04 Å². The molecule has 1 atom stereocenters. The van der Waals surface area contributed by atoms with Crippen LogP contribution >= 0.6 is 0 Å². The highest BCUT2D eigenvalue weighted by Gasteiger charge is 2.32. The molecule has 21 heavy (non-hydrogen) atoms. The molecule has 7 nitrogen and oxygen atoms in total. The first-order chi connectivity index (χ1) is 9.99. The van der Waals surface area contributed by atoms with Crippen LogP contribution in [0.25, 0.3) is 0 Å². The Morgan fingerprint density at radius 2 is 2.05 bits per heavy atom. The summed E-state index contributed by atoms with van der Waals surface area (Å²) < 4.78 is 29.2. The van der Waals surface area contributed by atoms with Gasteiger partial charge < -0.3 is 5.32 Å². The van der Waals surface area contributed by atoms with Crippen molar-refractivity contribution in [3.05, 3.63) is 18.7 Å². The minimum atomic E-state index is -3.57. The molecule has 0 amide bonds. The van der Waals surface area contributed by atoms with Gasteiger partial charge in [-0.25, -0.2) is 9.97 Å². The maximum Gasteiger partial charge on any atom is 0.302 e. The van der Waals surface area contributed by atoms with Gasteiger partial charge >= 0.3 is 10.2 Å². The van der Waals surface area contributed by atoms with Gasteiger partial charge in [0.15, 0.2) is 0 Å². The average molecular weight is 313 g/mol. The molecule has 1 fully saturated rings. The lowest BCUT2D eigenvalue weighted by Crippen LogP contribution is -2.51. The van der Waals surface area contributed by atoms with Crippen molar-refractivity contribution in [2.75, 3.05) is 17.8 Å². The third-order valence-electron chi connectivity index (χ3n) is 3.45. The summed E-state index contributed by atoms with van der Waals surface area (Å²) in [6.45, 7) is 5.33. The Hall–Kier alpha value is -1.25. The van der Waals surface area contributed by atoms with E-state index in [1.165, 1.54) is 18.7 Å². The lowest BCUT2D eigenvalue weighted by Gasteiger charge is -2.35. The van der Waals surface area contributed by atoms with Gasteiger partial charge in [-0.1, -0.05) is 20.3 Å². The van der Waals surface area contributed by atoms with E-state index in [0.29, 0.717) is 24.8 Å². The van der Waals surface area contributed by atoms with E-state index in [1.807, 2.05) is 0 Å². The molecule has 0 saturated carbocycles. The molecule has 0 spiro atoms. The largest absolute Gasteiger partial charge is 0.313 e. The summed E-state index contributed by atoms with van der Waals surface area (Å²) in [4.78, 5) is 7.65. The molecule has 1 unspecified atom stereocenters. The van der Waals surface area contributed by atoms with Crippen LogP contribution in [0.1, 0.15) is 33.1 Å². The van der Waals surface area contributed by atoms with Crippen LogP contribution in [0.3, 0.4) is 0 Å². The molecule has 1 aromatic rings. The number of hydrogen-bond donors (Lipinski definition) is 2. The van der Waals surface area contributed by atoms with Gasteiger partial charge in [-0.15, -0.1) is 0 Å². The second-order valence-electron chi connectivity index (χ2n) is 5.56. The average Bonchev–Trinajstić information content (AvgIpc) is 2.46. The first kappa shape index (κ1) is 16.1. The van der Waals surface area contributed by atoms with Crippen LogP contribution in [0.2, 0.25) is 0 Å². The Morgan fingerprint density at radius 1 is 1.33 bits per heavy atom. The molecule has 0 radical (unpaired) electrons. The van der Waals surface area contributed by atoms with Crippen molar-refractivity contribution in [1.82, 2.24) is 19.6 Å². The Bertz CT molecular complexity index is 535. The van der Waals surface area contributed by atoms with E-state index in [2.05, 4.69) is 33.9 Å². The van der Waals surface area contributed by atoms with Crippen molar-refractivity contribution in [2.45, 2.75) is 45.2 Å². The van der Waals surface area contributed by atoms with E-state index in [0.717, 1.165) is 19.3 Å². The van der Waals surface area contributed by atoms with Gasteiger partial charge in [0.25, 0.3) is 0 Å². The first-order valence-corrected chi connectivity index (χ1v) is 8.71. The van der Waals surface area contributed by atoms with Gasteiger partial charge in [0.2, 0.25) is 0 Å². The molecule has 2 N–H and O–H groups in total. The summed E-state index contributed by atoms with van der Waals surface area (Å²) in [5, 5.41) is 3.32. The van der Waals surface area contributed by atoms with Gasteiger partial charge in [0.1, 0.15) is 6.33 Å². The van der Waals surface area contributed by atoms with E-state index < -0.39 is 10.2 Å². The van der Waals surface area contributed by atoms with Gasteiger partial charge in [-0.3, -0.25) is 4.72 Å². The molecule has 0 aliphatic carbocycles. The molecule has 0 bridgehead atoms. The predicted molar refractivity (Wildman–Crippen MR) is 82.1 cm³/mol. The Balaban J connectivity index is 2.08. The van der Waals surface area contributed by atoms with Crippen LogP contribution in [0.15, 0.2) is 18.7 Å². The molecular formula is C13H23N5O2S. The second-order valence-corrected chi connectivity index (χ2v) is 7.18. The standard InChI is InChI=1S/C13H23N5O2S/c1-11(2)16-9-13-5-3-4-6-18(13)21(19,20)17-12-7-14-10-15-8-12/h7-8,10-11,13,16-17H,3-6,9H2,1-2H3. The summed E-state index contributed by atoms with van der Waals surface area (Å²) in [6.07, 6.45) is 7.11. The van der Waals surface area contributed by atoms with Crippen LogP contribution in [-0.4, -0.2) is 47.9 Å². The Labute approximate surface area is 126 Å². The van der Waals surface area contributed by atoms with Crippen LogP contribution in [0, 0.1) is 0 Å². The zero-order chi connectivity index (χ0) is 15.3. The van der Waals surface area contributed by atoms with E-state index in [9.17, 15) is 8.42 Å². The topological polar surface area (TPSA) is 87.2 Å². The van der Waals surface area contributed by atoms with Crippen LogP contribution in [0.5, 0.6) is 0 Å². The summed E-state index contributed by atoms with van der Waals surface area (Å²) in [5.41, 5.74) is 0.388. The smallest absolute Gasteiger partial charge is 0.302 e. The molecule has 1 aromatic heterocycles. The number of nitrogens with zero attached hydrogens (tertiary/aromatic N) is 3. The van der Waals surface area contributed by atoms with Gasteiger partial charge in [-0.2, -0.15) is 12.7 Å². The Morgan fingerprint density at radius 3 is 2.71 bits per heavy atom. The van der Waals surface area contributed by atoms with Crippen LogP contribution in [-0.2, 0) is 10.2 Å².